The van der Waals surface area contributed by atoms with E-state index in [0.717, 1.165) is 22.2 Å². The predicted octanol–water partition coefficient (Wildman–Crippen LogP) is 4.77. The lowest BCUT2D eigenvalue weighted by molar-refractivity contribution is 0.262. The van der Waals surface area contributed by atoms with E-state index in [4.69, 9.17) is 11.6 Å². The Morgan fingerprint density at radius 1 is 1.14 bits per heavy atom. The molecule has 0 aliphatic heterocycles. The van der Waals surface area contributed by atoms with Gasteiger partial charge in [0.05, 0.1) is 5.69 Å². The molecule has 0 spiro atoms. The van der Waals surface area contributed by atoms with Crippen LogP contribution in [0.1, 0.15) is 5.56 Å². The molecule has 0 unspecified atom stereocenters. The highest BCUT2D eigenvalue weighted by atomic mass is 35.5. The number of rotatable bonds is 2. The van der Waals surface area contributed by atoms with Crippen LogP contribution in [0.3, 0.4) is 0 Å². The van der Waals surface area contributed by atoms with E-state index >= 15 is 0 Å². The van der Waals surface area contributed by atoms with Crippen molar-refractivity contribution in [3.05, 3.63) is 59.2 Å². The van der Waals surface area contributed by atoms with Crippen LogP contribution in [0.15, 0.2) is 48.7 Å². The summed E-state index contributed by atoms with van der Waals surface area (Å²) in [7, 11) is 0. The Kier molecular flexibility index (Phi) is 3.54. The molecule has 3 aromatic rings. The van der Waals surface area contributed by atoms with Gasteiger partial charge in [-0.2, -0.15) is 0 Å². The van der Waals surface area contributed by atoms with Crippen molar-refractivity contribution in [2.75, 3.05) is 10.6 Å². The van der Waals surface area contributed by atoms with Crippen LogP contribution in [0.5, 0.6) is 0 Å². The monoisotopic (exact) mass is 299 g/mol. The maximum absolute atomic E-state index is 12.1. The fourth-order valence-electron chi connectivity index (χ4n) is 2.15. The summed E-state index contributed by atoms with van der Waals surface area (Å²) in [5.41, 5.74) is 3.36. The molecular weight excluding hydrogens is 286 g/mol. The van der Waals surface area contributed by atoms with Crippen molar-refractivity contribution >= 4 is 39.9 Å². The number of halogens is 1. The Balaban J connectivity index is 1.77. The number of urea groups is 1. The van der Waals surface area contributed by atoms with Gasteiger partial charge in [0.2, 0.25) is 0 Å². The van der Waals surface area contributed by atoms with Crippen molar-refractivity contribution in [1.29, 1.82) is 0 Å². The summed E-state index contributed by atoms with van der Waals surface area (Å²) in [4.78, 5) is 15.2. The average molecular weight is 300 g/mol. The van der Waals surface area contributed by atoms with Crippen molar-refractivity contribution in [2.24, 2.45) is 0 Å². The number of hydrogen-bond donors (Lipinski definition) is 3. The fourth-order valence-corrected chi connectivity index (χ4v) is 2.33. The summed E-state index contributed by atoms with van der Waals surface area (Å²) in [5.74, 6) is 0. The molecule has 0 fully saturated rings. The number of aromatic nitrogens is 1. The number of H-pyrrole nitrogens is 1. The first-order valence-electron chi connectivity index (χ1n) is 6.54. The van der Waals surface area contributed by atoms with Crippen LogP contribution in [-0.4, -0.2) is 11.0 Å². The number of carbonyl (C=O) groups is 1. The molecule has 0 bridgehead atoms. The van der Waals surface area contributed by atoms with Crippen LogP contribution in [0.25, 0.3) is 10.9 Å². The van der Waals surface area contributed by atoms with Gasteiger partial charge in [-0.3, -0.25) is 0 Å². The van der Waals surface area contributed by atoms with Gasteiger partial charge < -0.3 is 15.6 Å². The lowest BCUT2D eigenvalue weighted by Crippen LogP contribution is -2.19. The van der Waals surface area contributed by atoms with E-state index in [1.807, 2.05) is 49.5 Å². The molecule has 21 heavy (non-hydrogen) atoms. The fraction of sp³-hybridized carbons (Fsp3) is 0.0625. The Labute approximate surface area is 127 Å². The predicted molar refractivity (Wildman–Crippen MR) is 87.1 cm³/mol. The molecule has 0 atom stereocenters. The molecule has 3 N–H and O–H groups in total. The molecule has 1 aromatic heterocycles. The topological polar surface area (TPSA) is 56.9 Å². The summed E-state index contributed by atoms with van der Waals surface area (Å²) in [5, 5.41) is 7.20. The van der Waals surface area contributed by atoms with E-state index in [1.54, 1.807) is 6.07 Å². The molecule has 106 valence electrons. The minimum atomic E-state index is -0.302. The second kappa shape index (κ2) is 5.50. The van der Waals surface area contributed by atoms with Crippen molar-refractivity contribution in [3.8, 4) is 0 Å². The largest absolute Gasteiger partial charge is 0.361 e. The summed E-state index contributed by atoms with van der Waals surface area (Å²) in [6, 6.07) is 12.7. The van der Waals surface area contributed by atoms with Gasteiger partial charge in [-0.15, -0.1) is 0 Å². The number of hydrogen-bond acceptors (Lipinski definition) is 1. The smallest absolute Gasteiger partial charge is 0.323 e. The molecular formula is C16H14ClN3O. The van der Waals surface area contributed by atoms with Crippen molar-refractivity contribution in [1.82, 2.24) is 4.98 Å². The zero-order valence-electron chi connectivity index (χ0n) is 11.4. The van der Waals surface area contributed by atoms with E-state index in [2.05, 4.69) is 15.6 Å². The van der Waals surface area contributed by atoms with E-state index in [1.165, 1.54) is 0 Å². The number of anilines is 2. The molecule has 0 saturated carbocycles. The molecule has 2 aromatic carbocycles. The average Bonchev–Trinajstić information content (AvgIpc) is 2.92. The number of aryl methyl sites for hydroxylation is 1. The van der Waals surface area contributed by atoms with Crippen LogP contribution < -0.4 is 10.6 Å². The van der Waals surface area contributed by atoms with E-state index < -0.39 is 0 Å². The Morgan fingerprint density at radius 3 is 2.81 bits per heavy atom. The molecule has 0 aliphatic rings. The van der Waals surface area contributed by atoms with Gasteiger partial charge in [-0.25, -0.2) is 4.79 Å². The molecule has 0 saturated heterocycles. The maximum atomic E-state index is 12.1. The zero-order valence-corrected chi connectivity index (χ0v) is 12.2. The molecule has 3 rings (SSSR count). The number of fused-ring (bicyclic) bond motifs is 1. The lowest BCUT2D eigenvalue weighted by Gasteiger charge is -2.09. The number of aromatic amines is 1. The van der Waals surface area contributed by atoms with Gasteiger partial charge in [0, 0.05) is 27.8 Å². The van der Waals surface area contributed by atoms with Crippen molar-refractivity contribution < 1.29 is 4.79 Å². The third kappa shape index (κ3) is 2.85. The summed E-state index contributed by atoms with van der Waals surface area (Å²) < 4.78 is 0. The quantitative estimate of drug-likeness (QED) is 0.627. The maximum Gasteiger partial charge on any atom is 0.323 e. The zero-order chi connectivity index (χ0) is 14.8. The Bertz CT molecular complexity index is 810. The standard InChI is InChI=1S/C16H14ClN3O/c1-10-5-6-11(9-13(10)17)19-16(21)20-15-4-2-3-14-12(15)7-8-18-14/h2-9,18H,1H3,(H2,19,20,21). The van der Waals surface area contributed by atoms with Crippen LogP contribution >= 0.6 is 11.6 Å². The van der Waals surface area contributed by atoms with Crippen molar-refractivity contribution in [3.63, 3.8) is 0 Å². The first-order valence-corrected chi connectivity index (χ1v) is 6.91. The molecule has 2 amide bonds. The minimum Gasteiger partial charge on any atom is -0.361 e. The van der Waals surface area contributed by atoms with Gasteiger partial charge in [0.25, 0.3) is 0 Å². The normalized spacial score (nSPS) is 10.6. The minimum absolute atomic E-state index is 0.302. The van der Waals surface area contributed by atoms with Crippen LogP contribution in [0.4, 0.5) is 16.2 Å². The number of benzene rings is 2. The molecule has 0 radical (unpaired) electrons. The van der Waals surface area contributed by atoms with E-state index in [9.17, 15) is 4.79 Å². The molecule has 1 heterocycles. The van der Waals surface area contributed by atoms with E-state index in [0.29, 0.717) is 10.7 Å². The second-order valence-electron chi connectivity index (χ2n) is 4.79. The number of carbonyl (C=O) groups excluding carboxylic acids is 1. The third-order valence-electron chi connectivity index (χ3n) is 3.27. The number of amides is 2. The summed E-state index contributed by atoms with van der Waals surface area (Å²) >= 11 is 6.05. The first-order chi connectivity index (χ1) is 10.1. The lowest BCUT2D eigenvalue weighted by atomic mass is 10.2. The summed E-state index contributed by atoms with van der Waals surface area (Å²) in [6.07, 6.45) is 1.84. The van der Waals surface area contributed by atoms with E-state index in [-0.39, 0.29) is 6.03 Å². The van der Waals surface area contributed by atoms with Crippen LogP contribution in [-0.2, 0) is 0 Å². The highest BCUT2D eigenvalue weighted by molar-refractivity contribution is 6.31. The van der Waals surface area contributed by atoms with Gasteiger partial charge in [-0.05, 0) is 42.8 Å². The highest BCUT2D eigenvalue weighted by Crippen LogP contribution is 2.23. The second-order valence-corrected chi connectivity index (χ2v) is 5.19. The SMILES string of the molecule is Cc1ccc(NC(=O)Nc2cccc3[nH]ccc23)cc1Cl. The van der Waals surface area contributed by atoms with Gasteiger partial charge in [-0.1, -0.05) is 23.7 Å². The van der Waals surface area contributed by atoms with Gasteiger partial charge in [0.15, 0.2) is 0 Å². The highest BCUT2D eigenvalue weighted by Gasteiger charge is 2.07. The molecule has 0 aliphatic carbocycles. The summed E-state index contributed by atoms with van der Waals surface area (Å²) in [6.45, 7) is 1.92. The van der Waals surface area contributed by atoms with Crippen molar-refractivity contribution in [2.45, 2.75) is 6.92 Å². The third-order valence-corrected chi connectivity index (χ3v) is 3.68. The van der Waals surface area contributed by atoms with Gasteiger partial charge in [0.1, 0.15) is 0 Å². The van der Waals surface area contributed by atoms with Crippen LogP contribution in [0, 0.1) is 6.92 Å². The Hall–Kier alpha value is -2.46. The first kappa shape index (κ1) is 13.5. The molecule has 5 heteroatoms. The Morgan fingerprint density at radius 2 is 2.00 bits per heavy atom. The number of nitrogens with one attached hydrogen (secondary N) is 3. The van der Waals surface area contributed by atoms with Gasteiger partial charge >= 0.3 is 6.03 Å². The molecule has 4 nitrogen and oxygen atoms in total. The van der Waals surface area contributed by atoms with Crippen LogP contribution in [0.2, 0.25) is 5.02 Å².